The van der Waals surface area contributed by atoms with Gasteiger partial charge in [-0.2, -0.15) is 0 Å². The molecule has 8 heteroatoms. The summed E-state index contributed by atoms with van der Waals surface area (Å²) in [5, 5.41) is 19.6. The molecule has 1 aliphatic heterocycles. The lowest BCUT2D eigenvalue weighted by Gasteiger charge is -2.32. The van der Waals surface area contributed by atoms with Gasteiger partial charge in [-0.1, -0.05) is 35.5 Å². The zero-order valence-corrected chi connectivity index (χ0v) is 18.1. The third kappa shape index (κ3) is 4.55. The maximum Gasteiger partial charge on any atom is 0.275 e. The van der Waals surface area contributed by atoms with E-state index >= 15 is 0 Å². The van der Waals surface area contributed by atoms with Crippen LogP contribution in [0.5, 0.6) is 5.75 Å². The monoisotopic (exact) mass is 423 g/mol. The summed E-state index contributed by atoms with van der Waals surface area (Å²) < 4.78 is 7.33. The molecule has 2 heterocycles. The van der Waals surface area contributed by atoms with Gasteiger partial charge in [-0.05, 0) is 29.9 Å². The van der Waals surface area contributed by atoms with Crippen LogP contribution in [0.2, 0.25) is 0 Å². The van der Waals surface area contributed by atoms with E-state index in [1.807, 2.05) is 16.8 Å². The fourth-order valence-electron chi connectivity index (χ4n) is 4.23. The summed E-state index contributed by atoms with van der Waals surface area (Å²) in [6.07, 6.45) is 3.64. The van der Waals surface area contributed by atoms with E-state index in [0.29, 0.717) is 5.69 Å². The van der Waals surface area contributed by atoms with Gasteiger partial charge in [0.15, 0.2) is 5.69 Å². The Bertz CT molecular complexity index is 1040. The zero-order valence-electron chi connectivity index (χ0n) is 18.1. The molecule has 0 bridgehead atoms. The number of ether oxygens (including phenoxy) is 1. The maximum atomic E-state index is 12.3. The van der Waals surface area contributed by atoms with Crippen molar-refractivity contribution in [2.75, 3.05) is 40.4 Å². The van der Waals surface area contributed by atoms with E-state index in [-0.39, 0.29) is 25.1 Å². The van der Waals surface area contributed by atoms with Crippen LogP contribution in [0.4, 0.5) is 0 Å². The minimum atomic E-state index is -0.218. The predicted octanol–water partition coefficient (Wildman–Crippen LogP) is 2.34. The topological polar surface area (TPSA) is 83.7 Å². The Hall–Kier alpha value is -2.97. The number of rotatable bonds is 7. The highest BCUT2D eigenvalue weighted by atomic mass is 16.5. The number of piperidine rings is 1. The van der Waals surface area contributed by atoms with Gasteiger partial charge in [-0.25, -0.2) is 4.68 Å². The van der Waals surface area contributed by atoms with Gasteiger partial charge in [0.1, 0.15) is 5.75 Å². The molecule has 31 heavy (non-hydrogen) atoms. The second-order valence-electron chi connectivity index (χ2n) is 8.01. The molecule has 4 rings (SSSR count). The van der Waals surface area contributed by atoms with E-state index in [1.165, 1.54) is 15.8 Å². The summed E-state index contributed by atoms with van der Waals surface area (Å²) in [5.74, 6) is 0.684. The summed E-state index contributed by atoms with van der Waals surface area (Å²) >= 11 is 0. The molecular weight excluding hydrogens is 394 g/mol. The van der Waals surface area contributed by atoms with Crippen LogP contribution in [0.3, 0.4) is 0 Å². The van der Waals surface area contributed by atoms with Gasteiger partial charge in [0.25, 0.3) is 5.91 Å². The molecule has 1 fully saturated rings. The largest absolute Gasteiger partial charge is 0.496 e. The number of hydrogen-bond donors (Lipinski definition) is 1. The van der Waals surface area contributed by atoms with E-state index in [4.69, 9.17) is 9.84 Å². The first kappa shape index (κ1) is 21.3. The summed E-state index contributed by atoms with van der Waals surface area (Å²) in [4.78, 5) is 16.2. The quantitative estimate of drug-likeness (QED) is 0.628. The zero-order chi connectivity index (χ0) is 21.8. The summed E-state index contributed by atoms with van der Waals surface area (Å²) in [6, 6.07) is 12.8. The molecular formula is C23H29N5O3. The average Bonchev–Trinajstić information content (AvgIpc) is 3.30. The molecule has 1 aromatic heterocycles. The van der Waals surface area contributed by atoms with Gasteiger partial charge >= 0.3 is 0 Å². The summed E-state index contributed by atoms with van der Waals surface area (Å²) in [5.41, 5.74) is 1.62. The normalized spacial score (nSPS) is 15.3. The lowest BCUT2D eigenvalue weighted by Crippen LogP contribution is -2.34. The molecule has 0 atom stereocenters. The van der Waals surface area contributed by atoms with Crippen molar-refractivity contribution in [1.82, 2.24) is 24.8 Å². The molecule has 164 valence electrons. The number of nitrogens with zero attached hydrogens (tertiary/aromatic N) is 5. The number of amides is 1. The number of aliphatic hydroxyl groups excluding tert-OH is 1. The van der Waals surface area contributed by atoms with Crippen molar-refractivity contribution in [3.05, 3.63) is 53.9 Å². The third-order valence-electron chi connectivity index (χ3n) is 6.03. The highest BCUT2D eigenvalue weighted by Crippen LogP contribution is 2.30. The Morgan fingerprint density at radius 1 is 1.19 bits per heavy atom. The Labute approximate surface area is 182 Å². The first-order chi connectivity index (χ1) is 15.1. The Balaban J connectivity index is 1.39. The molecule has 8 nitrogen and oxygen atoms in total. The Morgan fingerprint density at radius 3 is 2.65 bits per heavy atom. The number of hydrogen-bond acceptors (Lipinski definition) is 6. The minimum Gasteiger partial charge on any atom is -0.496 e. The fourth-order valence-corrected chi connectivity index (χ4v) is 4.23. The molecule has 3 aromatic rings. The van der Waals surface area contributed by atoms with Crippen molar-refractivity contribution >= 4 is 16.7 Å². The smallest absolute Gasteiger partial charge is 0.275 e. The van der Waals surface area contributed by atoms with Crippen LogP contribution in [0.1, 0.15) is 34.9 Å². The lowest BCUT2D eigenvalue weighted by molar-refractivity contribution is 0.0761. The molecule has 2 aromatic carbocycles. The van der Waals surface area contributed by atoms with Crippen molar-refractivity contribution < 1.29 is 14.6 Å². The van der Waals surface area contributed by atoms with Crippen LogP contribution in [0, 0.1) is 0 Å². The Morgan fingerprint density at radius 2 is 1.94 bits per heavy atom. The van der Waals surface area contributed by atoms with E-state index in [9.17, 15) is 4.79 Å². The molecule has 1 saturated heterocycles. The van der Waals surface area contributed by atoms with Gasteiger partial charge < -0.3 is 14.7 Å². The molecule has 0 spiro atoms. The van der Waals surface area contributed by atoms with Gasteiger partial charge in [0.05, 0.1) is 26.0 Å². The van der Waals surface area contributed by atoms with Gasteiger partial charge in [-0.3, -0.25) is 9.69 Å². The summed E-state index contributed by atoms with van der Waals surface area (Å²) in [7, 11) is 3.36. The van der Waals surface area contributed by atoms with E-state index in [2.05, 4.69) is 39.5 Å². The molecule has 0 radical (unpaired) electrons. The number of aromatic nitrogens is 3. The highest BCUT2D eigenvalue weighted by Gasteiger charge is 2.24. The van der Waals surface area contributed by atoms with Crippen LogP contribution in [-0.4, -0.2) is 76.2 Å². The fraction of sp³-hybridized carbons (Fsp3) is 0.435. The van der Waals surface area contributed by atoms with E-state index in [1.54, 1.807) is 20.4 Å². The molecule has 1 aliphatic rings. The van der Waals surface area contributed by atoms with E-state index in [0.717, 1.165) is 43.6 Å². The van der Waals surface area contributed by atoms with Gasteiger partial charge in [0.2, 0.25) is 0 Å². The van der Waals surface area contributed by atoms with Crippen LogP contribution in [-0.2, 0) is 6.54 Å². The Kier molecular flexibility index (Phi) is 6.48. The lowest BCUT2D eigenvalue weighted by atomic mass is 10.0. The number of methoxy groups -OCH3 is 1. The number of benzene rings is 2. The van der Waals surface area contributed by atoms with Crippen molar-refractivity contribution in [2.24, 2.45) is 0 Å². The van der Waals surface area contributed by atoms with Crippen LogP contribution >= 0.6 is 0 Å². The highest BCUT2D eigenvalue weighted by molar-refractivity contribution is 5.92. The number of carbonyl (C=O) groups excluding carboxylic acids is 1. The molecule has 0 unspecified atom stereocenters. The SMILES string of the molecule is COc1ccc(CN2CCC(n3cc(C(=O)N(C)CCO)nn3)CC2)c2ccccc12. The third-order valence-corrected chi connectivity index (χ3v) is 6.03. The number of likely N-dealkylation sites (N-methyl/N-ethyl adjacent to an activating group) is 1. The average molecular weight is 424 g/mol. The number of likely N-dealkylation sites (tertiary alicyclic amines) is 1. The molecule has 0 saturated carbocycles. The van der Waals surface area contributed by atoms with Crippen LogP contribution < -0.4 is 4.74 Å². The van der Waals surface area contributed by atoms with Crippen LogP contribution in [0.15, 0.2) is 42.6 Å². The minimum absolute atomic E-state index is 0.0711. The van der Waals surface area contributed by atoms with E-state index < -0.39 is 0 Å². The van der Waals surface area contributed by atoms with Gasteiger partial charge in [-0.15, -0.1) is 5.10 Å². The first-order valence-electron chi connectivity index (χ1n) is 10.7. The van der Waals surface area contributed by atoms with Crippen molar-refractivity contribution in [1.29, 1.82) is 0 Å². The molecule has 1 amide bonds. The standard InChI is InChI=1S/C23H29N5O3/c1-26(13-14-29)23(30)21-16-28(25-24-21)18-9-11-27(12-10-18)15-17-7-8-22(31-2)20-6-4-3-5-19(17)20/h3-8,16,18,29H,9-15H2,1-2H3. The number of carbonyl (C=O) groups is 1. The molecule has 1 N–H and O–H groups in total. The van der Waals surface area contributed by atoms with Crippen molar-refractivity contribution in [2.45, 2.75) is 25.4 Å². The number of aliphatic hydroxyl groups is 1. The predicted molar refractivity (Wildman–Crippen MR) is 118 cm³/mol. The second-order valence-corrected chi connectivity index (χ2v) is 8.01. The van der Waals surface area contributed by atoms with Crippen LogP contribution in [0.25, 0.3) is 10.8 Å². The molecule has 0 aliphatic carbocycles. The summed E-state index contributed by atoms with van der Waals surface area (Å²) in [6.45, 7) is 3.02. The second kappa shape index (κ2) is 9.45. The van der Waals surface area contributed by atoms with Crippen molar-refractivity contribution in [3.8, 4) is 5.75 Å². The number of fused-ring (bicyclic) bond motifs is 1. The maximum absolute atomic E-state index is 12.3. The first-order valence-corrected chi connectivity index (χ1v) is 10.7. The van der Waals surface area contributed by atoms with Gasteiger partial charge in [0, 0.05) is 38.6 Å². The van der Waals surface area contributed by atoms with Crippen molar-refractivity contribution in [3.63, 3.8) is 0 Å².